The summed E-state index contributed by atoms with van der Waals surface area (Å²) in [4.78, 5) is 19.3. The van der Waals surface area contributed by atoms with E-state index in [4.69, 9.17) is 20.2 Å². The van der Waals surface area contributed by atoms with Crippen molar-refractivity contribution in [2.75, 3.05) is 20.0 Å². The maximum Gasteiger partial charge on any atom is 0.205 e. The predicted molar refractivity (Wildman–Crippen MR) is 113 cm³/mol. The Balaban J connectivity index is 1.75. The van der Waals surface area contributed by atoms with Crippen LogP contribution in [0.25, 0.3) is 10.2 Å². The number of nitrogens with two attached hydrogens (primary N) is 1. The summed E-state index contributed by atoms with van der Waals surface area (Å²) in [6.45, 7) is 2.24. The van der Waals surface area contributed by atoms with Gasteiger partial charge in [0.15, 0.2) is 11.5 Å². The molecule has 6 heteroatoms. The Morgan fingerprint density at radius 2 is 2.04 bits per heavy atom. The fourth-order valence-electron chi connectivity index (χ4n) is 3.89. The van der Waals surface area contributed by atoms with Crippen molar-refractivity contribution in [2.24, 2.45) is 5.92 Å². The van der Waals surface area contributed by atoms with Gasteiger partial charge in [-0.3, -0.25) is 4.79 Å². The van der Waals surface area contributed by atoms with E-state index >= 15 is 0 Å². The molecule has 1 aliphatic rings. The van der Waals surface area contributed by atoms with Crippen molar-refractivity contribution in [1.29, 1.82) is 0 Å². The summed E-state index contributed by atoms with van der Waals surface area (Å²) >= 11 is 1.37. The van der Waals surface area contributed by atoms with Crippen LogP contribution < -0.4 is 15.2 Å². The summed E-state index contributed by atoms with van der Waals surface area (Å²) in [5.41, 5.74) is 9.87. The first-order valence-corrected chi connectivity index (χ1v) is 10.3. The number of thiophene rings is 1. The maximum absolute atomic E-state index is 13.1. The number of nitrogen functional groups attached to an aromatic ring is 1. The molecule has 0 amide bonds. The third kappa shape index (κ3) is 3.11. The van der Waals surface area contributed by atoms with E-state index in [1.165, 1.54) is 29.7 Å². The Kier molecular flexibility index (Phi) is 4.98. The lowest BCUT2D eigenvalue weighted by molar-refractivity contribution is 0.104. The van der Waals surface area contributed by atoms with E-state index in [1.54, 1.807) is 32.4 Å². The average molecular weight is 397 g/mol. The Morgan fingerprint density at radius 1 is 1.25 bits per heavy atom. The topological polar surface area (TPSA) is 74.4 Å². The Labute approximate surface area is 168 Å². The molecule has 1 aliphatic carbocycles. The van der Waals surface area contributed by atoms with Crippen LogP contribution in [0.4, 0.5) is 5.69 Å². The van der Waals surface area contributed by atoms with Crippen LogP contribution in [0.15, 0.2) is 24.3 Å². The van der Waals surface area contributed by atoms with E-state index in [0.717, 1.165) is 28.8 Å². The maximum atomic E-state index is 13.1. The zero-order valence-electron chi connectivity index (χ0n) is 16.4. The molecule has 0 spiro atoms. The average Bonchev–Trinajstić information content (AvgIpc) is 3.06. The standard InChI is InChI=1S/C22H24N2O3S/c1-4-12-5-7-16-14(9-12)10-15-19(23)21(28-22(15)24-16)20(25)13-6-8-17(26-2)18(11-13)27-3/h6,8,10-12H,4-5,7,9,23H2,1-3H3/t12-/m0/s1. The number of rotatable bonds is 5. The Morgan fingerprint density at radius 3 is 2.75 bits per heavy atom. The van der Waals surface area contributed by atoms with Gasteiger partial charge in [0.05, 0.1) is 19.9 Å². The van der Waals surface area contributed by atoms with Crippen LogP contribution in [0.2, 0.25) is 0 Å². The molecule has 4 rings (SSSR count). The van der Waals surface area contributed by atoms with Gasteiger partial charge < -0.3 is 15.2 Å². The number of ether oxygens (including phenoxy) is 2. The van der Waals surface area contributed by atoms with Gasteiger partial charge in [-0.25, -0.2) is 4.98 Å². The van der Waals surface area contributed by atoms with E-state index in [0.29, 0.717) is 33.5 Å². The van der Waals surface area contributed by atoms with Crippen molar-refractivity contribution in [3.8, 4) is 11.5 Å². The minimum Gasteiger partial charge on any atom is -0.493 e. The molecule has 0 unspecified atom stereocenters. The van der Waals surface area contributed by atoms with Gasteiger partial charge in [0.2, 0.25) is 5.78 Å². The molecule has 1 atom stereocenters. The summed E-state index contributed by atoms with van der Waals surface area (Å²) in [7, 11) is 3.12. The number of ketones is 1. The lowest BCUT2D eigenvalue weighted by Crippen LogP contribution is -2.14. The number of benzene rings is 1. The molecule has 2 aromatic heterocycles. The number of pyridine rings is 1. The SMILES string of the molecule is CC[C@H]1CCc2nc3sc(C(=O)c4ccc(OC)c(OC)c4)c(N)c3cc2C1. The number of methoxy groups -OCH3 is 2. The lowest BCUT2D eigenvalue weighted by Gasteiger charge is -2.22. The molecule has 0 fully saturated rings. The van der Waals surface area contributed by atoms with Crippen LogP contribution in [-0.4, -0.2) is 25.0 Å². The number of carbonyl (C=O) groups excluding carboxylic acids is 1. The summed E-state index contributed by atoms with van der Waals surface area (Å²) in [5.74, 6) is 1.70. The minimum absolute atomic E-state index is 0.120. The van der Waals surface area contributed by atoms with Crippen molar-refractivity contribution in [3.63, 3.8) is 0 Å². The van der Waals surface area contributed by atoms with Gasteiger partial charge in [-0.2, -0.15) is 0 Å². The molecule has 0 radical (unpaired) electrons. The number of hydrogen-bond acceptors (Lipinski definition) is 6. The summed E-state index contributed by atoms with van der Waals surface area (Å²) in [6, 6.07) is 7.31. The van der Waals surface area contributed by atoms with E-state index in [9.17, 15) is 4.79 Å². The van der Waals surface area contributed by atoms with E-state index in [1.807, 2.05) is 0 Å². The first kappa shape index (κ1) is 18.7. The molecule has 1 aromatic carbocycles. The Hall–Kier alpha value is -2.60. The quantitative estimate of drug-likeness (QED) is 0.636. The second kappa shape index (κ2) is 7.43. The highest BCUT2D eigenvalue weighted by Crippen LogP contribution is 2.38. The summed E-state index contributed by atoms with van der Waals surface area (Å²) < 4.78 is 10.6. The normalized spacial score (nSPS) is 16.0. The number of aromatic nitrogens is 1. The molecule has 0 saturated heterocycles. The number of fused-ring (bicyclic) bond motifs is 2. The monoisotopic (exact) mass is 396 g/mol. The lowest BCUT2D eigenvalue weighted by atomic mass is 9.85. The van der Waals surface area contributed by atoms with Crippen LogP contribution in [0.5, 0.6) is 11.5 Å². The molecule has 146 valence electrons. The second-order valence-electron chi connectivity index (χ2n) is 7.21. The van der Waals surface area contributed by atoms with E-state index < -0.39 is 0 Å². The molecule has 2 N–H and O–H groups in total. The highest BCUT2D eigenvalue weighted by Gasteiger charge is 2.24. The first-order valence-electron chi connectivity index (χ1n) is 9.53. The largest absolute Gasteiger partial charge is 0.493 e. The number of nitrogens with zero attached hydrogens (tertiary/aromatic N) is 1. The highest BCUT2D eigenvalue weighted by molar-refractivity contribution is 7.21. The smallest absolute Gasteiger partial charge is 0.205 e. The zero-order valence-corrected chi connectivity index (χ0v) is 17.2. The molecule has 28 heavy (non-hydrogen) atoms. The van der Waals surface area contributed by atoms with Crippen molar-refractivity contribution < 1.29 is 14.3 Å². The van der Waals surface area contributed by atoms with E-state index in [2.05, 4.69) is 13.0 Å². The summed E-state index contributed by atoms with van der Waals surface area (Å²) in [6.07, 6.45) is 4.41. The molecule has 2 heterocycles. The van der Waals surface area contributed by atoms with E-state index in [-0.39, 0.29) is 5.78 Å². The van der Waals surface area contributed by atoms with Gasteiger partial charge in [-0.05, 0) is 55.0 Å². The first-order chi connectivity index (χ1) is 13.5. The van der Waals surface area contributed by atoms with Gasteiger partial charge in [0.25, 0.3) is 0 Å². The molecular weight excluding hydrogens is 372 g/mol. The van der Waals surface area contributed by atoms with Crippen molar-refractivity contribution in [1.82, 2.24) is 4.98 Å². The molecule has 5 nitrogen and oxygen atoms in total. The van der Waals surface area contributed by atoms with Crippen LogP contribution >= 0.6 is 11.3 Å². The van der Waals surface area contributed by atoms with Crippen LogP contribution in [0.3, 0.4) is 0 Å². The predicted octanol–water partition coefficient (Wildman–Crippen LogP) is 4.64. The fraction of sp³-hybridized carbons (Fsp3) is 0.364. The van der Waals surface area contributed by atoms with Gasteiger partial charge in [0, 0.05) is 16.6 Å². The number of anilines is 1. The summed E-state index contributed by atoms with van der Waals surface area (Å²) in [5, 5.41) is 0.893. The molecule has 0 aliphatic heterocycles. The van der Waals surface area contributed by atoms with Gasteiger partial charge in [0.1, 0.15) is 9.71 Å². The highest BCUT2D eigenvalue weighted by atomic mass is 32.1. The number of aryl methyl sites for hydroxylation is 1. The van der Waals surface area contributed by atoms with Crippen molar-refractivity contribution >= 4 is 33.0 Å². The minimum atomic E-state index is -0.120. The second-order valence-corrected chi connectivity index (χ2v) is 8.21. The van der Waals surface area contributed by atoms with Crippen LogP contribution in [0, 0.1) is 5.92 Å². The number of carbonyl (C=O) groups is 1. The van der Waals surface area contributed by atoms with Crippen molar-refractivity contribution in [3.05, 3.63) is 46.0 Å². The molecule has 3 aromatic rings. The van der Waals surface area contributed by atoms with Crippen LogP contribution in [0.1, 0.15) is 46.3 Å². The molecular formula is C22H24N2O3S. The Bertz CT molecular complexity index is 1060. The third-order valence-electron chi connectivity index (χ3n) is 5.62. The van der Waals surface area contributed by atoms with Crippen molar-refractivity contribution in [2.45, 2.75) is 32.6 Å². The van der Waals surface area contributed by atoms with Gasteiger partial charge >= 0.3 is 0 Å². The third-order valence-corrected chi connectivity index (χ3v) is 6.73. The van der Waals surface area contributed by atoms with Gasteiger partial charge in [-0.15, -0.1) is 11.3 Å². The molecule has 0 saturated carbocycles. The zero-order chi connectivity index (χ0) is 19.8. The van der Waals surface area contributed by atoms with Crippen LogP contribution in [-0.2, 0) is 12.8 Å². The fourth-order valence-corrected chi connectivity index (χ4v) is 4.95. The number of hydrogen-bond donors (Lipinski definition) is 1. The molecule has 0 bridgehead atoms. The van der Waals surface area contributed by atoms with Gasteiger partial charge in [-0.1, -0.05) is 13.3 Å².